The molecule has 8 nitrogen and oxygen atoms in total. The molecule has 0 fully saturated rings. The Balaban J connectivity index is 1.35. The number of thioether (sulfide) groups is 1. The third-order valence-corrected chi connectivity index (χ3v) is 8.42. The summed E-state index contributed by atoms with van der Waals surface area (Å²) < 4.78 is 16.3. The second-order valence-electron chi connectivity index (χ2n) is 9.79. The Kier molecular flexibility index (Phi) is 7.91. The molecule has 0 bridgehead atoms. The number of thiophene rings is 1. The number of methoxy groups -OCH3 is 2. The molecule has 0 radical (unpaired) electrons. The third kappa shape index (κ3) is 5.85. The summed E-state index contributed by atoms with van der Waals surface area (Å²) in [5.41, 5.74) is 2.86. The zero-order valence-corrected chi connectivity index (χ0v) is 22.8. The van der Waals surface area contributed by atoms with E-state index in [1.54, 1.807) is 14.2 Å². The van der Waals surface area contributed by atoms with Gasteiger partial charge in [0.15, 0.2) is 11.5 Å². The summed E-state index contributed by atoms with van der Waals surface area (Å²) in [4.78, 5) is 13.9. The molecule has 190 valence electrons. The van der Waals surface area contributed by atoms with Gasteiger partial charge in [-0.05, 0) is 53.9 Å². The van der Waals surface area contributed by atoms with E-state index in [-0.39, 0.29) is 17.1 Å². The number of hydrogen-bond acceptors (Lipinski definition) is 9. The van der Waals surface area contributed by atoms with Gasteiger partial charge in [0.2, 0.25) is 11.8 Å². The molecule has 2 aromatic heterocycles. The van der Waals surface area contributed by atoms with E-state index in [1.165, 1.54) is 28.0 Å². The average molecular weight is 527 g/mol. The van der Waals surface area contributed by atoms with E-state index in [4.69, 9.17) is 13.9 Å². The number of amides is 1. The van der Waals surface area contributed by atoms with E-state index in [2.05, 4.69) is 42.4 Å². The molecule has 1 aliphatic carbocycles. The highest BCUT2D eigenvalue weighted by atomic mass is 32.2. The van der Waals surface area contributed by atoms with Gasteiger partial charge in [-0.1, -0.05) is 38.6 Å². The second-order valence-corrected chi connectivity index (χ2v) is 11.8. The fraction of sp³-hybridized carbons (Fsp3) is 0.462. The molecule has 1 aromatic carbocycles. The Bertz CT molecular complexity index is 1290. The molecule has 0 aliphatic heterocycles. The second kappa shape index (κ2) is 10.9. The van der Waals surface area contributed by atoms with E-state index >= 15 is 0 Å². The van der Waals surface area contributed by atoms with Crippen LogP contribution in [-0.4, -0.2) is 36.1 Å². The van der Waals surface area contributed by atoms with Crippen LogP contribution in [0.25, 0.3) is 0 Å². The molecule has 1 amide bonds. The van der Waals surface area contributed by atoms with Gasteiger partial charge in [0.25, 0.3) is 5.22 Å². The first-order chi connectivity index (χ1) is 17.2. The Morgan fingerprint density at radius 2 is 2.06 bits per heavy atom. The molecule has 0 saturated carbocycles. The fourth-order valence-corrected chi connectivity index (χ4v) is 6.23. The average Bonchev–Trinajstić information content (AvgIpc) is 3.44. The summed E-state index contributed by atoms with van der Waals surface area (Å²) in [5, 5.41) is 21.8. The van der Waals surface area contributed by atoms with Crippen molar-refractivity contribution >= 4 is 34.0 Å². The summed E-state index contributed by atoms with van der Waals surface area (Å²) in [6.07, 6.45) is 3.33. The van der Waals surface area contributed by atoms with E-state index in [0.29, 0.717) is 45.5 Å². The quantitative estimate of drug-likeness (QED) is 0.384. The molecular formula is C26H30N4O4S2. The number of rotatable bonds is 8. The smallest absolute Gasteiger partial charge is 0.277 e. The van der Waals surface area contributed by atoms with Crippen molar-refractivity contribution < 1.29 is 18.7 Å². The molecule has 36 heavy (non-hydrogen) atoms. The number of benzene rings is 1. The van der Waals surface area contributed by atoms with Gasteiger partial charge in [0.1, 0.15) is 11.1 Å². The maximum atomic E-state index is 12.7. The molecule has 1 atom stereocenters. The zero-order valence-electron chi connectivity index (χ0n) is 21.1. The number of carbonyl (C=O) groups is 1. The van der Waals surface area contributed by atoms with Crippen molar-refractivity contribution in [1.29, 1.82) is 5.26 Å². The summed E-state index contributed by atoms with van der Waals surface area (Å²) in [5.74, 6) is 2.19. The molecule has 2 heterocycles. The minimum Gasteiger partial charge on any atom is -0.493 e. The first kappa shape index (κ1) is 26.0. The van der Waals surface area contributed by atoms with Crippen molar-refractivity contribution in [2.75, 3.05) is 25.3 Å². The largest absolute Gasteiger partial charge is 0.493 e. The van der Waals surface area contributed by atoms with Crippen LogP contribution < -0.4 is 14.8 Å². The highest BCUT2D eigenvalue weighted by molar-refractivity contribution is 7.99. The summed E-state index contributed by atoms with van der Waals surface area (Å²) >= 11 is 2.70. The number of hydrogen-bond donors (Lipinski definition) is 1. The van der Waals surface area contributed by atoms with Gasteiger partial charge in [-0.15, -0.1) is 21.5 Å². The standard InChI is InChI=1S/C26H30N4O4S2/c1-26(2,3)16-7-8-17-18(13-27)24(36-21(17)12-16)28-22(31)14-35-25-30-29-23(34-25)11-15-6-9-19(32-4)20(10-15)33-5/h6,9-10,16H,7-8,11-12,14H2,1-5H3,(H,28,31)/t16-/m1/s1. The maximum absolute atomic E-state index is 12.7. The number of aromatic nitrogens is 2. The van der Waals surface area contributed by atoms with Gasteiger partial charge < -0.3 is 19.2 Å². The molecule has 10 heteroatoms. The Hall–Kier alpha value is -3.03. The first-order valence-corrected chi connectivity index (χ1v) is 13.5. The van der Waals surface area contributed by atoms with Crippen molar-refractivity contribution in [1.82, 2.24) is 10.2 Å². The molecule has 3 aromatic rings. The number of nitrogens with zero attached hydrogens (tertiary/aromatic N) is 3. The van der Waals surface area contributed by atoms with Crippen molar-refractivity contribution in [2.24, 2.45) is 11.3 Å². The van der Waals surface area contributed by atoms with Crippen LogP contribution in [0.3, 0.4) is 0 Å². The summed E-state index contributed by atoms with van der Waals surface area (Å²) in [6.45, 7) is 6.79. The lowest BCUT2D eigenvalue weighted by molar-refractivity contribution is -0.113. The number of anilines is 1. The third-order valence-electron chi connectivity index (χ3n) is 6.43. The molecule has 0 saturated heterocycles. The summed E-state index contributed by atoms with van der Waals surface area (Å²) in [7, 11) is 3.17. The van der Waals surface area contributed by atoms with E-state index in [9.17, 15) is 10.1 Å². The van der Waals surface area contributed by atoms with Gasteiger partial charge in [-0.25, -0.2) is 0 Å². The Morgan fingerprint density at radius 3 is 2.75 bits per heavy atom. The van der Waals surface area contributed by atoms with Gasteiger partial charge in [0, 0.05) is 4.88 Å². The van der Waals surface area contributed by atoms with Gasteiger partial charge >= 0.3 is 0 Å². The lowest BCUT2D eigenvalue weighted by Crippen LogP contribution is -2.26. The SMILES string of the molecule is COc1ccc(Cc2nnc(SCC(=O)Nc3sc4c(c3C#N)CC[C@@H](C(C)(C)C)C4)o2)cc1OC. The highest BCUT2D eigenvalue weighted by Gasteiger charge is 2.32. The minimum atomic E-state index is -0.206. The Labute approximate surface area is 219 Å². The van der Waals surface area contributed by atoms with E-state index in [1.807, 2.05) is 18.2 Å². The van der Waals surface area contributed by atoms with Crippen LogP contribution in [0.1, 0.15) is 54.7 Å². The van der Waals surface area contributed by atoms with Crippen LogP contribution in [-0.2, 0) is 24.1 Å². The van der Waals surface area contributed by atoms with Crippen LogP contribution >= 0.6 is 23.1 Å². The molecule has 0 spiro atoms. The van der Waals surface area contributed by atoms with Crippen LogP contribution in [0.4, 0.5) is 5.00 Å². The number of carbonyl (C=O) groups excluding carboxylic acids is 1. The van der Waals surface area contributed by atoms with Crippen LogP contribution in [0, 0.1) is 22.7 Å². The van der Waals surface area contributed by atoms with Crippen molar-refractivity contribution in [3.05, 3.63) is 45.7 Å². The highest BCUT2D eigenvalue weighted by Crippen LogP contribution is 2.44. The van der Waals surface area contributed by atoms with Crippen LogP contribution in [0.5, 0.6) is 11.5 Å². The van der Waals surface area contributed by atoms with Crippen molar-refractivity contribution in [3.8, 4) is 17.6 Å². The van der Waals surface area contributed by atoms with E-state index < -0.39 is 0 Å². The lowest BCUT2D eigenvalue weighted by atomic mass is 9.72. The predicted molar refractivity (Wildman–Crippen MR) is 140 cm³/mol. The lowest BCUT2D eigenvalue weighted by Gasteiger charge is -2.33. The molecule has 4 rings (SSSR count). The van der Waals surface area contributed by atoms with Crippen LogP contribution in [0.15, 0.2) is 27.8 Å². The minimum absolute atomic E-state index is 0.107. The molecule has 1 N–H and O–H groups in total. The topological polar surface area (TPSA) is 110 Å². The van der Waals surface area contributed by atoms with Crippen molar-refractivity contribution in [3.63, 3.8) is 0 Å². The normalized spacial score (nSPS) is 15.2. The van der Waals surface area contributed by atoms with Gasteiger partial charge in [-0.2, -0.15) is 5.26 Å². The number of ether oxygens (including phenoxy) is 2. The van der Waals surface area contributed by atoms with Gasteiger partial charge in [-0.3, -0.25) is 4.79 Å². The van der Waals surface area contributed by atoms with Crippen LogP contribution in [0.2, 0.25) is 0 Å². The number of fused-ring (bicyclic) bond motifs is 1. The first-order valence-electron chi connectivity index (χ1n) is 11.7. The van der Waals surface area contributed by atoms with E-state index in [0.717, 1.165) is 30.4 Å². The predicted octanol–water partition coefficient (Wildman–Crippen LogP) is 5.49. The fourth-order valence-electron chi connectivity index (χ4n) is 4.35. The van der Waals surface area contributed by atoms with Crippen molar-refractivity contribution in [2.45, 2.75) is 51.7 Å². The maximum Gasteiger partial charge on any atom is 0.277 e. The zero-order chi connectivity index (χ0) is 25.9. The van der Waals surface area contributed by atoms with Gasteiger partial charge in [0.05, 0.1) is 32.0 Å². The summed E-state index contributed by atoms with van der Waals surface area (Å²) in [6, 6.07) is 7.90. The molecule has 1 aliphatic rings. The number of nitriles is 1. The Morgan fingerprint density at radius 1 is 1.28 bits per heavy atom. The molecular weight excluding hydrogens is 496 g/mol. The number of nitrogens with one attached hydrogen (secondary N) is 1. The molecule has 0 unspecified atom stereocenters. The monoisotopic (exact) mass is 526 g/mol.